The number of carbonyl (C=O) groups is 1. The van der Waals surface area contributed by atoms with Gasteiger partial charge in [0.25, 0.3) is 5.89 Å². The van der Waals surface area contributed by atoms with E-state index in [-0.39, 0.29) is 12.1 Å². The minimum Gasteiger partial charge on any atom is -0.336 e. The standard InChI is InChI=1S/C19H22N6O2/c1-12(2)20-19(26)25-10-9-15-14(11-25)16(22-24(15)3)18-21-17(23-27-18)13-7-5-4-6-8-13/h4-8,12H,9-11H2,1-3H3,(H,20,26). The van der Waals surface area contributed by atoms with E-state index in [0.717, 1.165) is 23.2 Å². The molecule has 8 heteroatoms. The van der Waals surface area contributed by atoms with E-state index in [4.69, 9.17) is 4.52 Å². The minimum atomic E-state index is -0.0686. The Morgan fingerprint density at radius 3 is 2.78 bits per heavy atom. The van der Waals surface area contributed by atoms with Gasteiger partial charge in [0.1, 0.15) is 0 Å². The Kier molecular flexibility index (Phi) is 4.39. The number of carbonyl (C=O) groups excluding carboxylic acids is 1. The van der Waals surface area contributed by atoms with Crippen LogP contribution >= 0.6 is 0 Å². The highest BCUT2D eigenvalue weighted by Crippen LogP contribution is 2.30. The quantitative estimate of drug-likeness (QED) is 0.770. The number of aromatic nitrogens is 4. The van der Waals surface area contributed by atoms with Crippen LogP contribution in [0, 0.1) is 0 Å². The van der Waals surface area contributed by atoms with Crippen LogP contribution in [0.4, 0.5) is 4.79 Å². The molecule has 8 nitrogen and oxygen atoms in total. The third-order valence-electron chi connectivity index (χ3n) is 4.60. The molecule has 3 heterocycles. The zero-order valence-electron chi connectivity index (χ0n) is 15.6. The third-order valence-corrected chi connectivity index (χ3v) is 4.60. The van der Waals surface area contributed by atoms with Crippen molar-refractivity contribution in [1.82, 2.24) is 30.1 Å². The van der Waals surface area contributed by atoms with Gasteiger partial charge in [0.15, 0.2) is 5.69 Å². The predicted octanol–water partition coefficient (Wildman–Crippen LogP) is 2.61. The molecule has 2 amide bonds. The number of nitrogens with one attached hydrogen (secondary N) is 1. The largest absolute Gasteiger partial charge is 0.336 e. The van der Waals surface area contributed by atoms with Gasteiger partial charge in [-0.15, -0.1) is 0 Å². The molecular weight excluding hydrogens is 344 g/mol. The summed E-state index contributed by atoms with van der Waals surface area (Å²) >= 11 is 0. The van der Waals surface area contributed by atoms with Crippen molar-refractivity contribution < 1.29 is 9.32 Å². The summed E-state index contributed by atoms with van der Waals surface area (Å²) in [5.41, 5.74) is 3.59. The molecule has 0 atom stereocenters. The van der Waals surface area contributed by atoms with Gasteiger partial charge in [0, 0.05) is 42.9 Å². The molecule has 2 aromatic heterocycles. The monoisotopic (exact) mass is 366 g/mol. The molecule has 1 aliphatic rings. The van der Waals surface area contributed by atoms with Crippen LogP contribution in [-0.4, -0.2) is 43.4 Å². The Morgan fingerprint density at radius 1 is 1.26 bits per heavy atom. The Morgan fingerprint density at radius 2 is 2.04 bits per heavy atom. The van der Waals surface area contributed by atoms with Gasteiger partial charge in [-0.1, -0.05) is 35.5 Å². The van der Waals surface area contributed by atoms with Crippen molar-refractivity contribution in [3.8, 4) is 23.0 Å². The molecule has 0 spiro atoms. The van der Waals surface area contributed by atoms with Gasteiger partial charge in [-0.3, -0.25) is 4.68 Å². The fraction of sp³-hybridized carbons (Fsp3) is 0.368. The van der Waals surface area contributed by atoms with Crippen molar-refractivity contribution in [1.29, 1.82) is 0 Å². The molecule has 0 saturated carbocycles. The number of fused-ring (bicyclic) bond motifs is 1. The van der Waals surface area contributed by atoms with Gasteiger partial charge in [0.05, 0.1) is 6.54 Å². The van der Waals surface area contributed by atoms with Crippen molar-refractivity contribution in [2.24, 2.45) is 7.05 Å². The molecule has 0 unspecified atom stereocenters. The van der Waals surface area contributed by atoms with Crippen LogP contribution in [0.5, 0.6) is 0 Å². The second-order valence-corrected chi connectivity index (χ2v) is 6.96. The maximum absolute atomic E-state index is 12.4. The molecule has 27 heavy (non-hydrogen) atoms. The molecule has 0 bridgehead atoms. The zero-order valence-corrected chi connectivity index (χ0v) is 15.6. The average Bonchev–Trinajstić information content (AvgIpc) is 3.27. The summed E-state index contributed by atoms with van der Waals surface area (Å²) in [6.07, 6.45) is 0.740. The maximum atomic E-state index is 12.4. The lowest BCUT2D eigenvalue weighted by Gasteiger charge is -2.28. The summed E-state index contributed by atoms with van der Waals surface area (Å²) in [5.74, 6) is 0.895. The Bertz CT molecular complexity index is 960. The average molecular weight is 366 g/mol. The Hall–Kier alpha value is -3.16. The number of amides is 2. The van der Waals surface area contributed by atoms with Gasteiger partial charge in [-0.25, -0.2) is 4.79 Å². The number of benzene rings is 1. The summed E-state index contributed by atoms with van der Waals surface area (Å²) in [4.78, 5) is 18.7. The first-order valence-corrected chi connectivity index (χ1v) is 9.02. The lowest BCUT2D eigenvalue weighted by Crippen LogP contribution is -2.45. The van der Waals surface area contributed by atoms with Gasteiger partial charge < -0.3 is 14.7 Å². The van der Waals surface area contributed by atoms with E-state index in [1.54, 1.807) is 4.90 Å². The molecule has 0 saturated heterocycles. The van der Waals surface area contributed by atoms with Crippen LogP contribution in [0.3, 0.4) is 0 Å². The summed E-state index contributed by atoms with van der Waals surface area (Å²) in [5, 5.41) is 11.6. The topological polar surface area (TPSA) is 89.1 Å². The molecule has 0 fully saturated rings. The van der Waals surface area contributed by atoms with Gasteiger partial charge in [0.2, 0.25) is 5.82 Å². The Labute approximate surface area is 157 Å². The summed E-state index contributed by atoms with van der Waals surface area (Å²) in [6.45, 7) is 5.03. The van der Waals surface area contributed by atoms with Crippen molar-refractivity contribution >= 4 is 6.03 Å². The van der Waals surface area contributed by atoms with Gasteiger partial charge in [-0.05, 0) is 13.8 Å². The SMILES string of the molecule is CC(C)NC(=O)N1CCc2c(c(-c3nc(-c4ccccc4)no3)nn2C)C1. The van der Waals surface area contributed by atoms with Crippen molar-refractivity contribution in [2.75, 3.05) is 6.54 Å². The fourth-order valence-electron chi connectivity index (χ4n) is 3.30. The lowest BCUT2D eigenvalue weighted by atomic mass is 10.1. The molecule has 1 aliphatic heterocycles. The van der Waals surface area contributed by atoms with E-state index >= 15 is 0 Å². The highest BCUT2D eigenvalue weighted by molar-refractivity contribution is 5.75. The highest BCUT2D eigenvalue weighted by Gasteiger charge is 2.29. The normalized spacial score (nSPS) is 13.7. The first-order valence-electron chi connectivity index (χ1n) is 9.02. The Balaban J connectivity index is 1.65. The second kappa shape index (κ2) is 6.86. The first-order chi connectivity index (χ1) is 13.0. The molecule has 0 radical (unpaired) electrons. The first kappa shape index (κ1) is 17.3. The van der Waals surface area contributed by atoms with Crippen LogP contribution < -0.4 is 5.32 Å². The summed E-state index contributed by atoms with van der Waals surface area (Å²) in [6, 6.07) is 9.69. The van der Waals surface area contributed by atoms with E-state index in [2.05, 4.69) is 20.6 Å². The minimum absolute atomic E-state index is 0.0686. The number of urea groups is 1. The molecule has 4 rings (SSSR count). The number of aryl methyl sites for hydroxylation is 1. The van der Waals surface area contributed by atoms with Crippen molar-refractivity contribution in [3.05, 3.63) is 41.6 Å². The molecule has 1 N–H and O–H groups in total. The van der Waals surface area contributed by atoms with Crippen LogP contribution in [0.2, 0.25) is 0 Å². The van der Waals surface area contributed by atoms with E-state index in [9.17, 15) is 4.79 Å². The fourth-order valence-corrected chi connectivity index (χ4v) is 3.30. The van der Waals surface area contributed by atoms with Gasteiger partial charge in [-0.2, -0.15) is 10.1 Å². The highest BCUT2D eigenvalue weighted by atomic mass is 16.5. The number of rotatable bonds is 3. The third kappa shape index (κ3) is 3.30. The number of hydrogen-bond donors (Lipinski definition) is 1. The van der Waals surface area contributed by atoms with E-state index in [1.807, 2.05) is 55.9 Å². The van der Waals surface area contributed by atoms with Gasteiger partial charge >= 0.3 is 6.03 Å². The molecule has 3 aromatic rings. The molecule has 1 aromatic carbocycles. The van der Waals surface area contributed by atoms with Crippen molar-refractivity contribution in [3.63, 3.8) is 0 Å². The smallest absolute Gasteiger partial charge is 0.317 e. The van der Waals surface area contributed by atoms with Crippen LogP contribution in [0.25, 0.3) is 23.0 Å². The number of nitrogens with zero attached hydrogens (tertiary/aromatic N) is 5. The summed E-state index contributed by atoms with van der Waals surface area (Å²) in [7, 11) is 1.90. The van der Waals surface area contributed by atoms with E-state index in [0.29, 0.717) is 30.5 Å². The predicted molar refractivity (Wildman–Crippen MR) is 99.7 cm³/mol. The lowest BCUT2D eigenvalue weighted by molar-refractivity contribution is 0.189. The molecule has 140 valence electrons. The second-order valence-electron chi connectivity index (χ2n) is 6.96. The van der Waals surface area contributed by atoms with Crippen LogP contribution in [0.15, 0.2) is 34.9 Å². The van der Waals surface area contributed by atoms with Crippen LogP contribution in [0.1, 0.15) is 25.1 Å². The molecular formula is C19H22N6O2. The zero-order chi connectivity index (χ0) is 19.0. The van der Waals surface area contributed by atoms with E-state index in [1.165, 1.54) is 0 Å². The van der Waals surface area contributed by atoms with E-state index < -0.39 is 0 Å². The van der Waals surface area contributed by atoms with Crippen molar-refractivity contribution in [2.45, 2.75) is 32.9 Å². The number of hydrogen-bond acceptors (Lipinski definition) is 5. The summed E-state index contributed by atoms with van der Waals surface area (Å²) < 4.78 is 7.33. The molecule has 0 aliphatic carbocycles. The van der Waals surface area contributed by atoms with Crippen LogP contribution in [-0.2, 0) is 20.0 Å². The maximum Gasteiger partial charge on any atom is 0.317 e.